The van der Waals surface area contributed by atoms with Gasteiger partial charge >= 0.3 is 0 Å². The van der Waals surface area contributed by atoms with Crippen molar-refractivity contribution in [2.24, 2.45) is 0 Å². The van der Waals surface area contributed by atoms with Crippen LogP contribution in [-0.2, 0) is 4.79 Å². The van der Waals surface area contributed by atoms with Gasteiger partial charge in [0, 0.05) is 42.3 Å². The van der Waals surface area contributed by atoms with Gasteiger partial charge in [-0.1, -0.05) is 47.5 Å². The zero-order valence-corrected chi connectivity index (χ0v) is 20.3. The number of ether oxygens (including phenoxy) is 1. The molecular formula is C26H25Cl2N3O3. The van der Waals surface area contributed by atoms with Crippen LogP contribution in [0, 0.1) is 0 Å². The van der Waals surface area contributed by atoms with Crippen LogP contribution in [-0.4, -0.2) is 56.4 Å². The summed E-state index contributed by atoms with van der Waals surface area (Å²) >= 11 is 12.4. The van der Waals surface area contributed by atoms with E-state index in [0.717, 1.165) is 37.6 Å². The molecule has 0 aliphatic carbocycles. The van der Waals surface area contributed by atoms with Crippen molar-refractivity contribution in [2.45, 2.75) is 0 Å². The van der Waals surface area contributed by atoms with Crippen LogP contribution in [0.15, 0.2) is 66.7 Å². The maximum absolute atomic E-state index is 13.1. The first-order chi connectivity index (χ1) is 16.5. The smallest absolute Gasteiger partial charge is 0.238 e. The maximum Gasteiger partial charge on any atom is 0.238 e. The number of para-hydroxylation sites is 2. The van der Waals surface area contributed by atoms with Gasteiger partial charge in [-0.05, 0) is 42.5 Å². The van der Waals surface area contributed by atoms with Gasteiger partial charge in [-0.3, -0.25) is 14.5 Å². The lowest BCUT2D eigenvalue weighted by Crippen LogP contribution is -2.48. The highest BCUT2D eigenvalue weighted by atomic mass is 35.5. The van der Waals surface area contributed by atoms with Crippen LogP contribution in [0.5, 0.6) is 5.75 Å². The zero-order chi connectivity index (χ0) is 24.1. The van der Waals surface area contributed by atoms with Crippen LogP contribution in [0.4, 0.5) is 11.4 Å². The second-order valence-corrected chi connectivity index (χ2v) is 8.83. The van der Waals surface area contributed by atoms with E-state index in [-0.39, 0.29) is 18.2 Å². The fourth-order valence-electron chi connectivity index (χ4n) is 4.03. The molecule has 0 aromatic heterocycles. The molecule has 34 heavy (non-hydrogen) atoms. The highest BCUT2D eigenvalue weighted by Crippen LogP contribution is 2.29. The number of benzene rings is 3. The normalized spacial score (nSPS) is 14.0. The number of carbonyl (C=O) groups is 2. The quantitative estimate of drug-likeness (QED) is 0.465. The van der Waals surface area contributed by atoms with Crippen molar-refractivity contribution >= 4 is 46.3 Å². The van der Waals surface area contributed by atoms with E-state index in [1.54, 1.807) is 49.6 Å². The number of nitrogens with one attached hydrogen (secondary N) is 1. The van der Waals surface area contributed by atoms with E-state index in [9.17, 15) is 9.59 Å². The fourth-order valence-corrected chi connectivity index (χ4v) is 4.43. The average Bonchev–Trinajstić information content (AvgIpc) is 2.85. The number of hydrogen-bond donors (Lipinski definition) is 1. The van der Waals surface area contributed by atoms with Gasteiger partial charge in [0.25, 0.3) is 0 Å². The largest absolute Gasteiger partial charge is 0.495 e. The second-order valence-electron chi connectivity index (χ2n) is 7.98. The Morgan fingerprint density at radius 1 is 0.912 bits per heavy atom. The Morgan fingerprint density at radius 2 is 1.62 bits per heavy atom. The summed E-state index contributed by atoms with van der Waals surface area (Å²) in [5, 5.41) is 3.63. The molecule has 176 valence electrons. The van der Waals surface area contributed by atoms with Gasteiger partial charge in [0.15, 0.2) is 5.78 Å². The molecule has 0 bridgehead atoms. The van der Waals surface area contributed by atoms with Gasteiger partial charge in [-0.25, -0.2) is 0 Å². The summed E-state index contributed by atoms with van der Waals surface area (Å²) in [6.07, 6.45) is 0. The van der Waals surface area contributed by atoms with Gasteiger partial charge in [-0.15, -0.1) is 0 Å². The third-order valence-electron chi connectivity index (χ3n) is 5.78. The van der Waals surface area contributed by atoms with E-state index in [0.29, 0.717) is 26.9 Å². The Kier molecular flexibility index (Phi) is 7.73. The van der Waals surface area contributed by atoms with Crippen LogP contribution < -0.4 is 15.0 Å². The van der Waals surface area contributed by atoms with Gasteiger partial charge in [0.05, 0.1) is 30.1 Å². The molecule has 1 fully saturated rings. The highest BCUT2D eigenvalue weighted by molar-refractivity contribution is 6.36. The molecule has 1 amide bonds. The lowest BCUT2D eigenvalue weighted by Gasteiger charge is -2.36. The Hall–Kier alpha value is -3.06. The van der Waals surface area contributed by atoms with Crippen LogP contribution in [0.25, 0.3) is 0 Å². The lowest BCUT2D eigenvalue weighted by molar-refractivity contribution is -0.117. The molecule has 0 atom stereocenters. The highest BCUT2D eigenvalue weighted by Gasteiger charge is 2.22. The summed E-state index contributed by atoms with van der Waals surface area (Å²) in [4.78, 5) is 30.3. The van der Waals surface area contributed by atoms with E-state index in [2.05, 4.69) is 15.1 Å². The molecule has 0 radical (unpaired) electrons. The number of rotatable bonds is 7. The number of ketones is 1. The minimum absolute atomic E-state index is 0.193. The second kappa shape index (κ2) is 10.9. The molecule has 1 heterocycles. The van der Waals surface area contributed by atoms with Crippen LogP contribution in [0.3, 0.4) is 0 Å². The molecule has 6 nitrogen and oxygen atoms in total. The average molecular weight is 498 g/mol. The van der Waals surface area contributed by atoms with Crippen LogP contribution in [0.1, 0.15) is 15.9 Å². The molecule has 3 aromatic rings. The number of piperazine rings is 1. The van der Waals surface area contributed by atoms with Crippen molar-refractivity contribution < 1.29 is 14.3 Å². The minimum atomic E-state index is -0.297. The standard InChI is InChI=1S/C26H25Cl2N3O3/c1-34-24-9-5-4-8-23(24)31-14-12-30(13-15-31)17-25(32)29-22-11-10-18(27)16-20(22)26(33)19-6-2-3-7-21(19)28/h2-11,16H,12-15,17H2,1H3,(H,29,32). The van der Waals surface area contributed by atoms with E-state index in [1.165, 1.54) is 0 Å². The number of anilines is 2. The molecule has 0 spiro atoms. The van der Waals surface area contributed by atoms with Crippen LogP contribution >= 0.6 is 23.2 Å². The summed E-state index contributed by atoms with van der Waals surface area (Å²) in [6.45, 7) is 3.26. The van der Waals surface area contributed by atoms with E-state index in [4.69, 9.17) is 27.9 Å². The first-order valence-corrected chi connectivity index (χ1v) is 11.7. The topological polar surface area (TPSA) is 61.9 Å². The van der Waals surface area contributed by atoms with Crippen molar-refractivity contribution in [1.82, 2.24) is 4.90 Å². The minimum Gasteiger partial charge on any atom is -0.495 e. The molecule has 1 N–H and O–H groups in total. The van der Waals surface area contributed by atoms with E-state index < -0.39 is 0 Å². The van der Waals surface area contributed by atoms with Crippen molar-refractivity contribution in [3.05, 3.63) is 87.9 Å². The molecule has 0 saturated carbocycles. The molecule has 1 saturated heterocycles. The summed E-state index contributed by atoms with van der Waals surface area (Å²) in [6, 6.07) is 19.6. The maximum atomic E-state index is 13.1. The van der Waals surface area contributed by atoms with Crippen molar-refractivity contribution in [2.75, 3.05) is 50.1 Å². The molecule has 1 aliphatic heterocycles. The number of halogens is 2. The zero-order valence-electron chi connectivity index (χ0n) is 18.8. The Balaban J connectivity index is 1.40. The molecule has 4 rings (SSSR count). The Labute approximate surface area is 209 Å². The predicted octanol–water partition coefficient (Wildman–Crippen LogP) is 4.99. The lowest BCUT2D eigenvalue weighted by atomic mass is 10.0. The van der Waals surface area contributed by atoms with Crippen molar-refractivity contribution in [1.29, 1.82) is 0 Å². The molecule has 1 aliphatic rings. The molecule has 3 aromatic carbocycles. The number of amides is 1. The number of carbonyl (C=O) groups excluding carboxylic acids is 2. The number of hydrogen-bond acceptors (Lipinski definition) is 5. The predicted molar refractivity (Wildman–Crippen MR) is 137 cm³/mol. The van der Waals surface area contributed by atoms with Gasteiger partial charge in [0.2, 0.25) is 5.91 Å². The van der Waals surface area contributed by atoms with E-state index in [1.807, 2.05) is 24.3 Å². The van der Waals surface area contributed by atoms with Gasteiger partial charge in [-0.2, -0.15) is 0 Å². The molecular weight excluding hydrogens is 473 g/mol. The summed E-state index contributed by atoms with van der Waals surface area (Å²) in [7, 11) is 1.67. The fraction of sp³-hybridized carbons (Fsp3) is 0.231. The summed E-state index contributed by atoms with van der Waals surface area (Å²) in [5.74, 6) is 0.349. The van der Waals surface area contributed by atoms with Gasteiger partial charge < -0.3 is 15.0 Å². The molecule has 8 heteroatoms. The Morgan fingerprint density at radius 3 is 2.35 bits per heavy atom. The third-order valence-corrected chi connectivity index (χ3v) is 6.35. The van der Waals surface area contributed by atoms with Gasteiger partial charge in [0.1, 0.15) is 5.75 Å². The monoisotopic (exact) mass is 497 g/mol. The van der Waals surface area contributed by atoms with Crippen molar-refractivity contribution in [3.63, 3.8) is 0 Å². The summed E-state index contributed by atoms with van der Waals surface area (Å²) < 4.78 is 5.47. The third kappa shape index (κ3) is 5.53. The first-order valence-electron chi connectivity index (χ1n) is 10.9. The first kappa shape index (κ1) is 24.1. The van der Waals surface area contributed by atoms with Crippen LogP contribution in [0.2, 0.25) is 10.0 Å². The number of nitrogens with zero attached hydrogens (tertiary/aromatic N) is 2. The Bertz CT molecular complexity index is 1190. The summed E-state index contributed by atoms with van der Waals surface area (Å²) in [5.41, 5.74) is 2.12. The van der Waals surface area contributed by atoms with Crippen molar-refractivity contribution in [3.8, 4) is 5.75 Å². The van der Waals surface area contributed by atoms with E-state index >= 15 is 0 Å². The molecule has 0 unspecified atom stereocenters. The SMILES string of the molecule is COc1ccccc1N1CCN(CC(=O)Nc2ccc(Cl)cc2C(=O)c2ccccc2Cl)CC1. The number of methoxy groups -OCH3 is 1.